The van der Waals surface area contributed by atoms with Crippen LogP contribution in [0.2, 0.25) is 0 Å². The number of nitrogens with two attached hydrogens (primary N) is 1. The molecule has 0 saturated heterocycles. The largest absolute Gasteiger partial charge is 0.491 e. The van der Waals surface area contributed by atoms with Gasteiger partial charge >= 0.3 is 0 Å². The van der Waals surface area contributed by atoms with Crippen molar-refractivity contribution in [2.24, 2.45) is 5.73 Å². The maximum Gasteiger partial charge on any atom is 0.186 e. The summed E-state index contributed by atoms with van der Waals surface area (Å²) in [5.74, 6) is 0.990. The van der Waals surface area contributed by atoms with Gasteiger partial charge in [-0.2, -0.15) is 0 Å². The SMILES string of the molecule is CCCc1nc(N2CCOc3ccccc3C2)sc1CN. The molecular weight excluding hydrogens is 282 g/mol. The van der Waals surface area contributed by atoms with E-state index < -0.39 is 0 Å². The number of hydrogen-bond donors (Lipinski definition) is 1. The lowest BCUT2D eigenvalue weighted by Gasteiger charge is -2.18. The number of para-hydroxylation sites is 1. The number of anilines is 1. The van der Waals surface area contributed by atoms with Gasteiger partial charge < -0.3 is 15.4 Å². The number of fused-ring (bicyclic) bond motifs is 1. The Balaban J connectivity index is 1.87. The Morgan fingerprint density at radius 2 is 2.24 bits per heavy atom. The van der Waals surface area contributed by atoms with Crippen molar-refractivity contribution in [1.82, 2.24) is 4.98 Å². The zero-order valence-corrected chi connectivity index (χ0v) is 13.2. The van der Waals surface area contributed by atoms with Gasteiger partial charge in [-0.3, -0.25) is 0 Å². The van der Waals surface area contributed by atoms with Crippen molar-refractivity contribution in [1.29, 1.82) is 0 Å². The van der Waals surface area contributed by atoms with Gasteiger partial charge in [-0.05, 0) is 12.5 Å². The van der Waals surface area contributed by atoms with Crippen molar-refractivity contribution in [3.63, 3.8) is 0 Å². The monoisotopic (exact) mass is 303 g/mol. The molecule has 5 heteroatoms. The summed E-state index contributed by atoms with van der Waals surface area (Å²) >= 11 is 1.72. The molecule has 0 saturated carbocycles. The van der Waals surface area contributed by atoms with Gasteiger partial charge in [0, 0.05) is 23.5 Å². The molecule has 0 unspecified atom stereocenters. The number of hydrogen-bond acceptors (Lipinski definition) is 5. The number of thiazole rings is 1. The highest BCUT2D eigenvalue weighted by molar-refractivity contribution is 7.15. The standard InChI is InChI=1S/C16H21N3OS/c1-2-5-13-15(10-17)21-16(18-13)19-8-9-20-14-7-4-3-6-12(14)11-19/h3-4,6-7H,2,5,8-11,17H2,1H3. The molecule has 0 aliphatic carbocycles. The van der Waals surface area contributed by atoms with Crippen LogP contribution in [-0.2, 0) is 19.5 Å². The number of aryl methyl sites for hydroxylation is 1. The van der Waals surface area contributed by atoms with E-state index >= 15 is 0 Å². The minimum Gasteiger partial charge on any atom is -0.491 e. The number of aromatic nitrogens is 1. The molecule has 112 valence electrons. The van der Waals surface area contributed by atoms with Gasteiger partial charge in [0.15, 0.2) is 5.13 Å². The number of nitrogens with zero attached hydrogens (tertiary/aromatic N) is 2. The quantitative estimate of drug-likeness (QED) is 0.943. The molecule has 0 amide bonds. The van der Waals surface area contributed by atoms with Crippen LogP contribution in [0.25, 0.3) is 0 Å². The Morgan fingerprint density at radius 1 is 1.38 bits per heavy atom. The van der Waals surface area contributed by atoms with E-state index in [9.17, 15) is 0 Å². The maximum absolute atomic E-state index is 5.86. The third-order valence-corrected chi connectivity index (χ3v) is 4.84. The first-order chi connectivity index (χ1) is 10.3. The van der Waals surface area contributed by atoms with Crippen LogP contribution < -0.4 is 15.4 Å². The second-order valence-corrected chi connectivity index (χ2v) is 6.26. The Morgan fingerprint density at radius 3 is 3.05 bits per heavy atom. The molecule has 2 aromatic rings. The van der Waals surface area contributed by atoms with Crippen LogP contribution in [0.1, 0.15) is 29.5 Å². The fourth-order valence-electron chi connectivity index (χ4n) is 2.59. The van der Waals surface area contributed by atoms with E-state index in [1.165, 1.54) is 16.1 Å². The van der Waals surface area contributed by atoms with Crippen molar-refractivity contribution in [3.05, 3.63) is 40.4 Å². The van der Waals surface area contributed by atoms with Crippen molar-refractivity contribution < 1.29 is 4.74 Å². The van der Waals surface area contributed by atoms with Gasteiger partial charge in [-0.25, -0.2) is 4.98 Å². The molecule has 0 spiro atoms. The zero-order valence-electron chi connectivity index (χ0n) is 12.3. The summed E-state index contributed by atoms with van der Waals surface area (Å²) in [6.45, 7) is 5.15. The molecule has 1 aliphatic heterocycles. The number of benzene rings is 1. The van der Waals surface area contributed by atoms with Gasteiger partial charge in [0.05, 0.1) is 12.2 Å². The van der Waals surface area contributed by atoms with E-state index in [2.05, 4.69) is 24.0 Å². The van der Waals surface area contributed by atoms with Crippen molar-refractivity contribution in [3.8, 4) is 5.75 Å². The van der Waals surface area contributed by atoms with Crippen LogP contribution in [0.5, 0.6) is 5.75 Å². The molecule has 0 fully saturated rings. The van der Waals surface area contributed by atoms with Crippen LogP contribution >= 0.6 is 11.3 Å². The summed E-state index contributed by atoms with van der Waals surface area (Å²) in [5, 5.41) is 1.07. The van der Waals surface area contributed by atoms with Crippen molar-refractivity contribution in [2.75, 3.05) is 18.1 Å². The van der Waals surface area contributed by atoms with E-state index in [1.54, 1.807) is 11.3 Å². The fraction of sp³-hybridized carbons (Fsp3) is 0.438. The molecule has 0 atom stereocenters. The predicted octanol–water partition coefficient (Wildman–Crippen LogP) is 2.95. The molecule has 2 N–H and O–H groups in total. The summed E-state index contributed by atoms with van der Waals surface area (Å²) in [6, 6.07) is 8.23. The molecule has 1 aromatic carbocycles. The average Bonchev–Trinajstić information content (AvgIpc) is 2.78. The first kappa shape index (κ1) is 14.4. The molecular formula is C16H21N3OS. The minimum atomic E-state index is 0.577. The van der Waals surface area contributed by atoms with E-state index in [1.807, 2.05) is 12.1 Å². The molecule has 2 heterocycles. The van der Waals surface area contributed by atoms with Crippen LogP contribution in [0.15, 0.2) is 24.3 Å². The van der Waals surface area contributed by atoms with Crippen LogP contribution in [-0.4, -0.2) is 18.1 Å². The summed E-state index contributed by atoms with van der Waals surface area (Å²) in [5.41, 5.74) is 8.24. The van der Waals surface area contributed by atoms with E-state index in [0.29, 0.717) is 13.2 Å². The highest BCUT2D eigenvalue weighted by Gasteiger charge is 2.19. The highest BCUT2D eigenvalue weighted by Crippen LogP contribution is 2.31. The molecule has 1 aliphatic rings. The van der Waals surface area contributed by atoms with Crippen LogP contribution in [0.4, 0.5) is 5.13 Å². The van der Waals surface area contributed by atoms with E-state index in [-0.39, 0.29) is 0 Å². The Hall–Kier alpha value is -1.59. The highest BCUT2D eigenvalue weighted by atomic mass is 32.1. The van der Waals surface area contributed by atoms with Crippen molar-refractivity contribution >= 4 is 16.5 Å². The third-order valence-electron chi connectivity index (χ3n) is 3.66. The average molecular weight is 303 g/mol. The maximum atomic E-state index is 5.86. The Labute approximate surface area is 129 Å². The molecule has 4 nitrogen and oxygen atoms in total. The molecule has 1 aromatic heterocycles. The predicted molar refractivity (Wildman–Crippen MR) is 87.0 cm³/mol. The van der Waals surface area contributed by atoms with Crippen LogP contribution in [0, 0.1) is 0 Å². The molecule has 21 heavy (non-hydrogen) atoms. The molecule has 3 rings (SSSR count). The molecule has 0 radical (unpaired) electrons. The van der Waals surface area contributed by atoms with Gasteiger partial charge in [-0.15, -0.1) is 11.3 Å². The normalized spacial score (nSPS) is 14.5. The second-order valence-electron chi connectivity index (χ2n) is 5.20. The second kappa shape index (κ2) is 6.45. The summed E-state index contributed by atoms with van der Waals surface area (Å²) in [6.07, 6.45) is 2.10. The van der Waals surface area contributed by atoms with E-state index in [0.717, 1.165) is 36.8 Å². The third kappa shape index (κ3) is 3.04. The topological polar surface area (TPSA) is 51.4 Å². The first-order valence-corrected chi connectivity index (χ1v) is 8.27. The lowest BCUT2D eigenvalue weighted by Crippen LogP contribution is -2.25. The van der Waals surface area contributed by atoms with Gasteiger partial charge in [0.25, 0.3) is 0 Å². The summed E-state index contributed by atoms with van der Waals surface area (Å²) < 4.78 is 5.82. The number of rotatable bonds is 4. The number of ether oxygens (including phenoxy) is 1. The zero-order chi connectivity index (χ0) is 14.7. The Bertz CT molecular complexity index is 611. The van der Waals surface area contributed by atoms with Crippen molar-refractivity contribution in [2.45, 2.75) is 32.9 Å². The van der Waals surface area contributed by atoms with Gasteiger partial charge in [0.1, 0.15) is 12.4 Å². The van der Waals surface area contributed by atoms with Gasteiger partial charge in [0.2, 0.25) is 0 Å². The summed E-state index contributed by atoms with van der Waals surface area (Å²) in [4.78, 5) is 8.33. The van der Waals surface area contributed by atoms with Crippen LogP contribution in [0.3, 0.4) is 0 Å². The lowest BCUT2D eigenvalue weighted by atomic mass is 10.2. The molecule has 0 bridgehead atoms. The van der Waals surface area contributed by atoms with E-state index in [4.69, 9.17) is 15.5 Å². The van der Waals surface area contributed by atoms with Gasteiger partial charge in [-0.1, -0.05) is 31.5 Å². The Kier molecular flexibility index (Phi) is 4.41. The summed E-state index contributed by atoms with van der Waals surface area (Å²) in [7, 11) is 0. The fourth-order valence-corrected chi connectivity index (χ4v) is 3.60. The lowest BCUT2D eigenvalue weighted by molar-refractivity contribution is 0.331. The minimum absolute atomic E-state index is 0.577. The first-order valence-electron chi connectivity index (χ1n) is 7.46. The smallest absolute Gasteiger partial charge is 0.186 e.